The highest BCUT2D eigenvalue weighted by molar-refractivity contribution is 8.01. The minimum atomic E-state index is -1.13. The molecule has 0 aliphatic heterocycles. The number of benzene rings is 2. The topological polar surface area (TPSA) is 79.3 Å². The molecule has 122 valence electrons. The third-order valence-corrected chi connectivity index (χ3v) is 5.34. The lowest BCUT2D eigenvalue weighted by atomic mass is 10.1. The van der Waals surface area contributed by atoms with E-state index < -0.39 is 11.9 Å². The standard InChI is InChI=1S/C17H14N2O3S2/c1-2-23-17-19-13-8-7-10(9-14(13)24-17)18-15(20)11-5-3-4-6-12(11)16(21)22/h3-9H,2H2,1H3,(H,18,20)(H,21,22). The summed E-state index contributed by atoms with van der Waals surface area (Å²) in [5.74, 6) is -0.616. The van der Waals surface area contributed by atoms with Gasteiger partial charge < -0.3 is 10.4 Å². The van der Waals surface area contributed by atoms with Gasteiger partial charge in [0.05, 0.1) is 21.3 Å². The van der Waals surface area contributed by atoms with Crippen LogP contribution < -0.4 is 5.32 Å². The highest BCUT2D eigenvalue weighted by Crippen LogP contribution is 2.31. The summed E-state index contributed by atoms with van der Waals surface area (Å²) in [5.41, 5.74) is 1.62. The maximum atomic E-state index is 12.4. The lowest BCUT2D eigenvalue weighted by molar-refractivity contribution is 0.0692. The second kappa shape index (κ2) is 7.02. The molecule has 0 aliphatic rings. The highest BCUT2D eigenvalue weighted by atomic mass is 32.2. The number of aromatic carboxylic acids is 1. The van der Waals surface area contributed by atoms with E-state index in [2.05, 4.69) is 17.2 Å². The first kappa shape index (κ1) is 16.5. The SMILES string of the molecule is CCSc1nc2ccc(NC(=O)c3ccccc3C(=O)O)cc2s1. The summed E-state index contributed by atoms with van der Waals surface area (Å²) >= 11 is 3.25. The first-order valence-electron chi connectivity index (χ1n) is 7.25. The number of anilines is 1. The number of nitrogens with one attached hydrogen (secondary N) is 1. The number of carboxylic acids is 1. The second-order valence-electron chi connectivity index (χ2n) is 4.90. The fraction of sp³-hybridized carbons (Fsp3) is 0.118. The fourth-order valence-corrected chi connectivity index (χ4v) is 4.24. The molecule has 0 saturated heterocycles. The maximum Gasteiger partial charge on any atom is 0.336 e. The third kappa shape index (κ3) is 3.42. The van der Waals surface area contributed by atoms with Crippen LogP contribution in [0.15, 0.2) is 46.8 Å². The Morgan fingerprint density at radius 3 is 2.67 bits per heavy atom. The molecule has 0 atom stereocenters. The van der Waals surface area contributed by atoms with E-state index in [1.165, 1.54) is 12.1 Å². The Bertz CT molecular complexity index is 921. The maximum absolute atomic E-state index is 12.4. The van der Waals surface area contributed by atoms with Crippen LogP contribution in [0.1, 0.15) is 27.6 Å². The van der Waals surface area contributed by atoms with Crippen molar-refractivity contribution in [3.05, 3.63) is 53.6 Å². The molecule has 0 bridgehead atoms. The van der Waals surface area contributed by atoms with Crippen LogP contribution in [0.25, 0.3) is 10.2 Å². The summed E-state index contributed by atoms with van der Waals surface area (Å²) in [4.78, 5) is 28.1. The summed E-state index contributed by atoms with van der Waals surface area (Å²) in [6, 6.07) is 11.6. The molecular formula is C17H14N2O3S2. The molecular weight excluding hydrogens is 344 g/mol. The first-order chi connectivity index (χ1) is 11.6. The van der Waals surface area contributed by atoms with Gasteiger partial charge in [-0.3, -0.25) is 4.79 Å². The van der Waals surface area contributed by atoms with Crippen molar-refractivity contribution in [3.63, 3.8) is 0 Å². The normalized spacial score (nSPS) is 10.7. The van der Waals surface area contributed by atoms with E-state index in [4.69, 9.17) is 0 Å². The van der Waals surface area contributed by atoms with Crippen molar-refractivity contribution in [2.75, 3.05) is 11.1 Å². The van der Waals surface area contributed by atoms with Crippen LogP contribution in [0.5, 0.6) is 0 Å². The predicted molar refractivity (Wildman–Crippen MR) is 97.4 cm³/mol. The van der Waals surface area contributed by atoms with Crippen LogP contribution in [0, 0.1) is 0 Å². The van der Waals surface area contributed by atoms with E-state index in [1.54, 1.807) is 41.3 Å². The number of thioether (sulfide) groups is 1. The monoisotopic (exact) mass is 358 g/mol. The van der Waals surface area contributed by atoms with Gasteiger partial charge in [-0.2, -0.15) is 0 Å². The summed E-state index contributed by atoms with van der Waals surface area (Å²) in [5, 5.41) is 11.9. The summed E-state index contributed by atoms with van der Waals surface area (Å²) < 4.78 is 1.97. The van der Waals surface area contributed by atoms with Gasteiger partial charge in [0.15, 0.2) is 4.34 Å². The molecule has 1 aromatic heterocycles. The molecule has 0 spiro atoms. The van der Waals surface area contributed by atoms with E-state index in [1.807, 2.05) is 12.1 Å². The van der Waals surface area contributed by atoms with Crippen LogP contribution in [-0.2, 0) is 0 Å². The first-order valence-corrected chi connectivity index (χ1v) is 9.05. The van der Waals surface area contributed by atoms with Gasteiger partial charge in [-0.05, 0) is 36.1 Å². The van der Waals surface area contributed by atoms with E-state index >= 15 is 0 Å². The van der Waals surface area contributed by atoms with E-state index in [9.17, 15) is 14.7 Å². The van der Waals surface area contributed by atoms with Crippen molar-refractivity contribution >= 4 is 50.9 Å². The molecule has 0 fully saturated rings. The molecule has 1 heterocycles. The summed E-state index contributed by atoms with van der Waals surface area (Å²) in [7, 11) is 0. The average molecular weight is 358 g/mol. The van der Waals surface area contributed by atoms with Crippen molar-refractivity contribution < 1.29 is 14.7 Å². The minimum absolute atomic E-state index is 0.0181. The third-order valence-electron chi connectivity index (χ3n) is 3.30. The number of rotatable bonds is 5. The van der Waals surface area contributed by atoms with Gasteiger partial charge in [0, 0.05) is 5.69 Å². The van der Waals surface area contributed by atoms with Gasteiger partial charge in [-0.15, -0.1) is 11.3 Å². The van der Waals surface area contributed by atoms with Crippen LogP contribution in [0.4, 0.5) is 5.69 Å². The zero-order valence-electron chi connectivity index (χ0n) is 12.8. The lowest BCUT2D eigenvalue weighted by Crippen LogP contribution is -2.16. The molecule has 7 heteroatoms. The molecule has 0 radical (unpaired) electrons. The van der Waals surface area contributed by atoms with Crippen molar-refractivity contribution in [2.24, 2.45) is 0 Å². The Balaban J connectivity index is 1.87. The van der Waals surface area contributed by atoms with Crippen LogP contribution in [0.2, 0.25) is 0 Å². The molecule has 0 aliphatic carbocycles. The van der Waals surface area contributed by atoms with Crippen LogP contribution in [0.3, 0.4) is 0 Å². The number of nitrogens with zero attached hydrogens (tertiary/aromatic N) is 1. The Labute approximate surface area is 146 Å². The fourth-order valence-electron chi connectivity index (χ4n) is 2.23. The number of thiazole rings is 1. The Morgan fingerprint density at radius 2 is 1.96 bits per heavy atom. The van der Waals surface area contributed by atoms with Crippen LogP contribution in [-0.4, -0.2) is 27.7 Å². The van der Waals surface area contributed by atoms with Crippen molar-refractivity contribution in [1.29, 1.82) is 0 Å². The number of fused-ring (bicyclic) bond motifs is 1. The number of hydrogen-bond donors (Lipinski definition) is 2. The molecule has 5 nitrogen and oxygen atoms in total. The molecule has 24 heavy (non-hydrogen) atoms. The molecule has 2 N–H and O–H groups in total. The number of amides is 1. The van der Waals surface area contributed by atoms with Crippen molar-refractivity contribution in [3.8, 4) is 0 Å². The van der Waals surface area contributed by atoms with Gasteiger partial charge in [-0.25, -0.2) is 9.78 Å². The minimum Gasteiger partial charge on any atom is -0.478 e. The van der Waals surface area contributed by atoms with Gasteiger partial charge in [0.25, 0.3) is 5.91 Å². The second-order valence-corrected chi connectivity index (χ2v) is 7.44. The molecule has 3 rings (SSSR count). The van der Waals surface area contributed by atoms with Gasteiger partial charge in [0.2, 0.25) is 0 Å². The molecule has 2 aromatic carbocycles. The van der Waals surface area contributed by atoms with E-state index in [0.717, 1.165) is 20.3 Å². The number of carboxylic acid groups (broad SMARTS) is 1. The Hall–Kier alpha value is -2.38. The largest absolute Gasteiger partial charge is 0.478 e. The molecule has 0 saturated carbocycles. The van der Waals surface area contributed by atoms with Crippen molar-refractivity contribution in [1.82, 2.24) is 4.98 Å². The summed E-state index contributed by atoms with van der Waals surface area (Å²) in [6.45, 7) is 2.07. The lowest BCUT2D eigenvalue weighted by Gasteiger charge is -2.07. The van der Waals surface area contributed by atoms with E-state index in [-0.39, 0.29) is 11.1 Å². The molecule has 1 amide bonds. The Kier molecular flexibility index (Phi) is 4.82. The smallest absolute Gasteiger partial charge is 0.336 e. The molecule has 0 unspecified atom stereocenters. The number of aromatic nitrogens is 1. The van der Waals surface area contributed by atoms with Crippen LogP contribution >= 0.6 is 23.1 Å². The summed E-state index contributed by atoms with van der Waals surface area (Å²) in [6.07, 6.45) is 0. The number of hydrogen-bond acceptors (Lipinski definition) is 5. The quantitative estimate of drug-likeness (QED) is 0.663. The number of carbonyl (C=O) groups excluding carboxylic acids is 1. The van der Waals surface area contributed by atoms with Gasteiger partial charge >= 0.3 is 5.97 Å². The van der Waals surface area contributed by atoms with Crippen molar-refractivity contribution in [2.45, 2.75) is 11.3 Å². The Morgan fingerprint density at radius 1 is 1.21 bits per heavy atom. The average Bonchev–Trinajstić information content (AvgIpc) is 2.96. The predicted octanol–water partition coefficient (Wildman–Crippen LogP) is 4.36. The number of carbonyl (C=O) groups is 2. The zero-order valence-corrected chi connectivity index (χ0v) is 14.4. The van der Waals surface area contributed by atoms with Gasteiger partial charge in [0.1, 0.15) is 0 Å². The van der Waals surface area contributed by atoms with Gasteiger partial charge in [-0.1, -0.05) is 30.8 Å². The zero-order chi connectivity index (χ0) is 17.1. The molecule has 3 aromatic rings. The van der Waals surface area contributed by atoms with E-state index in [0.29, 0.717) is 5.69 Å². The highest BCUT2D eigenvalue weighted by Gasteiger charge is 2.16.